The number of benzene rings is 1. The SMILES string of the molecule is CCCN(CCC)CCC(=O)Nc1ccc(Cl)cc1C(F)(F)F. The number of anilines is 1. The van der Waals surface area contributed by atoms with E-state index in [1.165, 1.54) is 12.1 Å². The van der Waals surface area contributed by atoms with E-state index in [2.05, 4.69) is 10.2 Å². The molecule has 0 aromatic heterocycles. The van der Waals surface area contributed by atoms with E-state index in [1.54, 1.807) is 0 Å². The van der Waals surface area contributed by atoms with Gasteiger partial charge in [-0.15, -0.1) is 0 Å². The summed E-state index contributed by atoms with van der Waals surface area (Å²) >= 11 is 5.61. The monoisotopic (exact) mass is 350 g/mol. The minimum Gasteiger partial charge on any atom is -0.325 e. The molecule has 1 aromatic rings. The number of hydrogen-bond donors (Lipinski definition) is 1. The Balaban J connectivity index is 2.71. The maximum Gasteiger partial charge on any atom is 0.418 e. The van der Waals surface area contributed by atoms with Crippen molar-refractivity contribution in [2.75, 3.05) is 25.0 Å². The topological polar surface area (TPSA) is 32.3 Å². The Morgan fingerprint density at radius 3 is 2.30 bits per heavy atom. The van der Waals surface area contributed by atoms with E-state index in [-0.39, 0.29) is 17.1 Å². The highest BCUT2D eigenvalue weighted by Gasteiger charge is 2.34. The van der Waals surface area contributed by atoms with Crippen molar-refractivity contribution in [3.05, 3.63) is 28.8 Å². The average molecular weight is 351 g/mol. The molecule has 0 atom stereocenters. The molecule has 3 nitrogen and oxygen atoms in total. The highest BCUT2D eigenvalue weighted by atomic mass is 35.5. The first-order chi connectivity index (χ1) is 10.8. The van der Waals surface area contributed by atoms with Crippen LogP contribution in [-0.2, 0) is 11.0 Å². The third kappa shape index (κ3) is 6.79. The van der Waals surface area contributed by atoms with Gasteiger partial charge in [0.25, 0.3) is 0 Å². The molecule has 1 aromatic carbocycles. The van der Waals surface area contributed by atoms with Crippen molar-refractivity contribution >= 4 is 23.2 Å². The smallest absolute Gasteiger partial charge is 0.325 e. The molecule has 0 aliphatic carbocycles. The standard InChI is InChI=1S/C16H22ClF3N2O/c1-3-8-22(9-4-2)10-7-15(23)21-14-6-5-12(17)11-13(14)16(18,19)20/h5-6,11H,3-4,7-10H2,1-2H3,(H,21,23). The summed E-state index contributed by atoms with van der Waals surface area (Å²) in [4.78, 5) is 14.1. The van der Waals surface area contributed by atoms with E-state index < -0.39 is 17.6 Å². The Kier molecular flexibility index (Phi) is 7.85. The van der Waals surface area contributed by atoms with Gasteiger partial charge in [0.05, 0.1) is 11.3 Å². The molecule has 0 fully saturated rings. The second-order valence-corrected chi connectivity index (χ2v) is 5.76. The van der Waals surface area contributed by atoms with Crippen LogP contribution in [0.1, 0.15) is 38.7 Å². The van der Waals surface area contributed by atoms with Crippen LogP contribution in [0.2, 0.25) is 5.02 Å². The van der Waals surface area contributed by atoms with Gasteiger partial charge in [-0.1, -0.05) is 25.4 Å². The predicted octanol–water partition coefficient (Wildman–Crippen LogP) is 4.81. The second-order valence-electron chi connectivity index (χ2n) is 5.33. The Morgan fingerprint density at radius 1 is 1.17 bits per heavy atom. The van der Waals surface area contributed by atoms with Crippen LogP contribution < -0.4 is 5.32 Å². The summed E-state index contributed by atoms with van der Waals surface area (Å²) in [6.07, 6.45) is -2.47. The highest BCUT2D eigenvalue weighted by molar-refractivity contribution is 6.30. The lowest BCUT2D eigenvalue weighted by Gasteiger charge is -2.20. The van der Waals surface area contributed by atoms with Crippen LogP contribution in [-0.4, -0.2) is 30.4 Å². The fraction of sp³-hybridized carbons (Fsp3) is 0.562. The highest BCUT2D eigenvalue weighted by Crippen LogP contribution is 2.36. The molecule has 0 saturated carbocycles. The molecule has 23 heavy (non-hydrogen) atoms. The molecule has 0 saturated heterocycles. The molecule has 0 aliphatic heterocycles. The van der Waals surface area contributed by atoms with Crippen molar-refractivity contribution in [2.45, 2.75) is 39.3 Å². The number of nitrogens with one attached hydrogen (secondary N) is 1. The lowest BCUT2D eigenvalue weighted by atomic mass is 10.1. The number of alkyl halides is 3. The molecule has 1 N–H and O–H groups in total. The van der Waals surface area contributed by atoms with E-state index in [1.807, 2.05) is 13.8 Å². The van der Waals surface area contributed by atoms with Gasteiger partial charge >= 0.3 is 6.18 Å². The summed E-state index contributed by atoms with van der Waals surface area (Å²) in [5.74, 6) is -0.435. The normalized spacial score (nSPS) is 11.8. The summed E-state index contributed by atoms with van der Waals surface area (Å²) in [5.41, 5.74) is -1.19. The fourth-order valence-electron chi connectivity index (χ4n) is 2.30. The Labute approximate surface area is 139 Å². The van der Waals surface area contributed by atoms with Crippen molar-refractivity contribution < 1.29 is 18.0 Å². The van der Waals surface area contributed by atoms with Gasteiger partial charge in [-0.3, -0.25) is 4.79 Å². The Hall–Kier alpha value is -1.27. The first kappa shape index (κ1) is 19.8. The third-order valence-corrected chi connectivity index (χ3v) is 3.53. The quantitative estimate of drug-likeness (QED) is 0.729. The largest absolute Gasteiger partial charge is 0.418 e. The van der Waals surface area contributed by atoms with Gasteiger partial charge < -0.3 is 10.2 Å². The van der Waals surface area contributed by atoms with Crippen molar-refractivity contribution in [1.82, 2.24) is 4.90 Å². The van der Waals surface area contributed by atoms with Crippen molar-refractivity contribution in [3.8, 4) is 0 Å². The van der Waals surface area contributed by atoms with Gasteiger partial charge in [-0.25, -0.2) is 0 Å². The van der Waals surface area contributed by atoms with Gasteiger partial charge in [0, 0.05) is 18.0 Å². The summed E-state index contributed by atoms with van der Waals surface area (Å²) in [6.45, 7) is 6.37. The minimum atomic E-state index is -4.57. The van der Waals surface area contributed by atoms with Crippen LogP contribution in [0.3, 0.4) is 0 Å². The fourth-order valence-corrected chi connectivity index (χ4v) is 2.47. The number of hydrogen-bond acceptors (Lipinski definition) is 2. The predicted molar refractivity (Wildman–Crippen MR) is 86.7 cm³/mol. The zero-order valence-electron chi connectivity index (χ0n) is 13.3. The molecule has 0 heterocycles. The van der Waals surface area contributed by atoms with Gasteiger partial charge in [-0.05, 0) is 44.1 Å². The van der Waals surface area contributed by atoms with Crippen molar-refractivity contribution in [1.29, 1.82) is 0 Å². The first-order valence-corrected chi connectivity index (χ1v) is 8.04. The number of amides is 1. The van der Waals surface area contributed by atoms with E-state index in [9.17, 15) is 18.0 Å². The van der Waals surface area contributed by atoms with Gasteiger partial charge in [0.1, 0.15) is 0 Å². The molecular weight excluding hydrogens is 329 g/mol. The van der Waals surface area contributed by atoms with Crippen LogP contribution in [0.25, 0.3) is 0 Å². The first-order valence-electron chi connectivity index (χ1n) is 7.66. The Morgan fingerprint density at radius 2 is 1.78 bits per heavy atom. The van der Waals surface area contributed by atoms with Crippen LogP contribution in [0.5, 0.6) is 0 Å². The van der Waals surface area contributed by atoms with Crippen LogP contribution in [0, 0.1) is 0 Å². The van der Waals surface area contributed by atoms with Crippen molar-refractivity contribution in [2.24, 2.45) is 0 Å². The average Bonchev–Trinajstić information content (AvgIpc) is 2.46. The maximum absolute atomic E-state index is 13.0. The molecule has 0 bridgehead atoms. The van der Waals surface area contributed by atoms with Crippen LogP contribution in [0.15, 0.2) is 18.2 Å². The third-order valence-electron chi connectivity index (χ3n) is 3.30. The molecular formula is C16H22ClF3N2O. The zero-order valence-corrected chi connectivity index (χ0v) is 14.1. The number of rotatable bonds is 8. The minimum absolute atomic E-state index is 0.0209. The van der Waals surface area contributed by atoms with Crippen LogP contribution >= 0.6 is 11.6 Å². The molecule has 0 aliphatic rings. The van der Waals surface area contributed by atoms with E-state index >= 15 is 0 Å². The molecule has 7 heteroatoms. The summed E-state index contributed by atoms with van der Waals surface area (Å²) < 4.78 is 38.9. The molecule has 0 unspecified atom stereocenters. The van der Waals surface area contributed by atoms with Gasteiger partial charge in [0.15, 0.2) is 0 Å². The lowest BCUT2D eigenvalue weighted by molar-refractivity contribution is -0.137. The lowest BCUT2D eigenvalue weighted by Crippen LogP contribution is -2.29. The molecule has 0 radical (unpaired) electrons. The zero-order chi connectivity index (χ0) is 17.5. The number of carbonyl (C=O) groups is 1. The van der Waals surface area contributed by atoms with E-state index in [0.29, 0.717) is 6.54 Å². The summed E-state index contributed by atoms with van der Waals surface area (Å²) in [5, 5.41) is 2.32. The summed E-state index contributed by atoms with van der Waals surface area (Å²) in [7, 11) is 0. The number of carbonyl (C=O) groups excluding carboxylic acids is 1. The second kappa shape index (κ2) is 9.13. The van der Waals surface area contributed by atoms with Crippen LogP contribution in [0.4, 0.5) is 18.9 Å². The summed E-state index contributed by atoms with van der Waals surface area (Å²) in [6, 6.07) is 3.32. The molecule has 130 valence electrons. The van der Waals surface area contributed by atoms with E-state index in [4.69, 9.17) is 11.6 Å². The van der Waals surface area contributed by atoms with Gasteiger partial charge in [0.2, 0.25) is 5.91 Å². The molecule has 1 amide bonds. The maximum atomic E-state index is 13.0. The number of nitrogens with zero attached hydrogens (tertiary/aromatic N) is 1. The molecule has 1 rings (SSSR count). The van der Waals surface area contributed by atoms with Crippen molar-refractivity contribution in [3.63, 3.8) is 0 Å². The van der Waals surface area contributed by atoms with Gasteiger partial charge in [-0.2, -0.15) is 13.2 Å². The van der Waals surface area contributed by atoms with E-state index in [0.717, 1.165) is 32.0 Å². The Bertz CT molecular complexity index is 515. The molecule has 0 spiro atoms. The number of halogens is 4.